The zero-order valence-electron chi connectivity index (χ0n) is 11.1. The number of carbonyl (C=O) groups excluding carboxylic acids is 1. The molecule has 102 valence electrons. The second-order valence-electron chi connectivity index (χ2n) is 4.33. The van der Waals surface area contributed by atoms with Crippen LogP contribution in [0.25, 0.3) is 22.0 Å². The first-order valence-corrected chi connectivity index (χ1v) is 6.47. The number of rotatable bonds is 1. The molecule has 0 unspecified atom stereocenters. The predicted octanol–water partition coefficient (Wildman–Crippen LogP) is 3.88. The van der Waals surface area contributed by atoms with E-state index in [4.69, 9.17) is 4.42 Å². The largest absolute Gasteiger partial charge is 0.434 e. The first-order valence-electron chi connectivity index (χ1n) is 6.47. The lowest BCUT2D eigenvalue weighted by atomic mass is 10.2. The van der Waals surface area contributed by atoms with Crippen LogP contribution in [0.1, 0.15) is 10.7 Å². The summed E-state index contributed by atoms with van der Waals surface area (Å²) in [6.07, 6.45) is 2.41. The van der Waals surface area contributed by atoms with Gasteiger partial charge in [0.2, 0.25) is 6.29 Å². The van der Waals surface area contributed by atoms with Crippen molar-refractivity contribution in [3.63, 3.8) is 0 Å². The Labute approximate surface area is 121 Å². The van der Waals surface area contributed by atoms with E-state index in [0.29, 0.717) is 11.9 Å². The van der Waals surface area contributed by atoms with Crippen molar-refractivity contribution in [3.05, 3.63) is 72.8 Å². The Morgan fingerprint density at radius 2 is 1.57 bits per heavy atom. The maximum Gasteiger partial charge on any atom is 0.260 e. The van der Waals surface area contributed by atoms with Gasteiger partial charge in [0.15, 0.2) is 5.58 Å². The molecule has 0 spiro atoms. The zero-order chi connectivity index (χ0) is 14.5. The van der Waals surface area contributed by atoms with E-state index in [-0.39, 0.29) is 5.89 Å². The molecule has 0 saturated heterocycles. The van der Waals surface area contributed by atoms with Crippen LogP contribution in [-0.2, 0) is 0 Å². The van der Waals surface area contributed by atoms with E-state index >= 15 is 0 Å². The van der Waals surface area contributed by atoms with E-state index in [1.165, 1.54) is 5.39 Å². The molecule has 2 heterocycles. The van der Waals surface area contributed by atoms with E-state index in [1.807, 2.05) is 42.6 Å². The molecule has 4 heteroatoms. The van der Waals surface area contributed by atoms with Crippen molar-refractivity contribution in [2.24, 2.45) is 0 Å². The van der Waals surface area contributed by atoms with Crippen LogP contribution >= 0.6 is 0 Å². The lowest BCUT2D eigenvalue weighted by Gasteiger charge is -1.91. The molecular formula is C17H12N2O2. The Morgan fingerprint density at radius 1 is 0.857 bits per heavy atom. The van der Waals surface area contributed by atoms with Crippen molar-refractivity contribution >= 4 is 28.3 Å². The summed E-state index contributed by atoms with van der Waals surface area (Å²) in [4.78, 5) is 18.3. The summed E-state index contributed by atoms with van der Waals surface area (Å²) in [5, 5.41) is 1.20. The predicted molar refractivity (Wildman–Crippen MR) is 81.1 cm³/mol. The van der Waals surface area contributed by atoms with E-state index in [2.05, 4.69) is 22.1 Å². The standard InChI is InChI=1S/C9H7N.C8H5NO2/c1-2-6-9-8(4-1)5-3-7-10-9;10-5-8-9-6-3-1-2-4-7(6)11-8/h1-7H;1-5H. The molecule has 4 rings (SSSR count). The van der Waals surface area contributed by atoms with Gasteiger partial charge in [-0.25, -0.2) is 4.98 Å². The third-order valence-electron chi connectivity index (χ3n) is 2.92. The number of hydrogen-bond acceptors (Lipinski definition) is 4. The maximum atomic E-state index is 10.2. The molecule has 0 saturated carbocycles. The Bertz CT molecular complexity index is 785. The molecular weight excluding hydrogens is 264 g/mol. The molecule has 2 aromatic carbocycles. The summed E-state index contributed by atoms with van der Waals surface area (Å²) >= 11 is 0. The number of benzene rings is 2. The van der Waals surface area contributed by atoms with Gasteiger partial charge >= 0.3 is 0 Å². The van der Waals surface area contributed by atoms with Gasteiger partial charge in [-0.05, 0) is 24.3 Å². The molecule has 0 amide bonds. The van der Waals surface area contributed by atoms with Crippen molar-refractivity contribution in [3.8, 4) is 0 Å². The summed E-state index contributed by atoms with van der Waals surface area (Å²) in [5.74, 6) is 0.131. The van der Waals surface area contributed by atoms with Crippen LogP contribution in [0.4, 0.5) is 0 Å². The highest BCUT2D eigenvalue weighted by Gasteiger charge is 2.01. The minimum absolute atomic E-state index is 0.131. The van der Waals surface area contributed by atoms with Gasteiger partial charge in [-0.1, -0.05) is 36.4 Å². The first kappa shape index (κ1) is 13.0. The minimum atomic E-state index is 0.131. The Hall–Kier alpha value is -3.01. The Kier molecular flexibility index (Phi) is 3.69. The number of para-hydroxylation sites is 3. The second-order valence-corrected chi connectivity index (χ2v) is 4.33. The fourth-order valence-electron chi connectivity index (χ4n) is 1.96. The van der Waals surface area contributed by atoms with Crippen LogP contribution < -0.4 is 0 Å². The Morgan fingerprint density at radius 3 is 2.33 bits per heavy atom. The third kappa shape index (κ3) is 2.95. The van der Waals surface area contributed by atoms with Gasteiger partial charge < -0.3 is 4.42 Å². The lowest BCUT2D eigenvalue weighted by Crippen LogP contribution is -1.73. The van der Waals surface area contributed by atoms with Crippen LogP contribution in [-0.4, -0.2) is 16.3 Å². The quantitative estimate of drug-likeness (QED) is 0.495. The van der Waals surface area contributed by atoms with Gasteiger partial charge in [0.25, 0.3) is 5.89 Å². The van der Waals surface area contributed by atoms with Crippen molar-refractivity contribution in [2.45, 2.75) is 0 Å². The van der Waals surface area contributed by atoms with Crippen molar-refractivity contribution in [2.75, 3.05) is 0 Å². The average molecular weight is 276 g/mol. The minimum Gasteiger partial charge on any atom is -0.434 e. The third-order valence-corrected chi connectivity index (χ3v) is 2.92. The van der Waals surface area contributed by atoms with Gasteiger partial charge in [-0.3, -0.25) is 9.78 Å². The van der Waals surface area contributed by atoms with Crippen LogP contribution in [0.3, 0.4) is 0 Å². The number of aldehydes is 1. The van der Waals surface area contributed by atoms with E-state index in [1.54, 1.807) is 12.1 Å². The fourth-order valence-corrected chi connectivity index (χ4v) is 1.96. The van der Waals surface area contributed by atoms with E-state index in [0.717, 1.165) is 11.0 Å². The van der Waals surface area contributed by atoms with Gasteiger partial charge in [0, 0.05) is 11.6 Å². The zero-order valence-corrected chi connectivity index (χ0v) is 11.1. The smallest absolute Gasteiger partial charge is 0.260 e. The fraction of sp³-hybridized carbons (Fsp3) is 0. The molecule has 4 aromatic rings. The molecule has 0 fully saturated rings. The summed E-state index contributed by atoms with van der Waals surface area (Å²) in [7, 11) is 0. The number of carbonyl (C=O) groups is 1. The van der Waals surface area contributed by atoms with Crippen molar-refractivity contribution < 1.29 is 9.21 Å². The summed E-state index contributed by atoms with van der Waals surface area (Å²) < 4.78 is 5.04. The number of fused-ring (bicyclic) bond motifs is 2. The molecule has 0 aliphatic rings. The molecule has 0 bridgehead atoms. The highest BCUT2D eigenvalue weighted by Crippen LogP contribution is 2.12. The number of nitrogens with zero attached hydrogens (tertiary/aromatic N) is 2. The van der Waals surface area contributed by atoms with Crippen molar-refractivity contribution in [1.29, 1.82) is 0 Å². The molecule has 0 N–H and O–H groups in total. The van der Waals surface area contributed by atoms with Crippen LogP contribution in [0.2, 0.25) is 0 Å². The van der Waals surface area contributed by atoms with Crippen LogP contribution in [0.15, 0.2) is 71.3 Å². The van der Waals surface area contributed by atoms with Gasteiger partial charge in [0.1, 0.15) is 5.52 Å². The number of oxazole rings is 1. The van der Waals surface area contributed by atoms with Crippen molar-refractivity contribution in [1.82, 2.24) is 9.97 Å². The molecule has 21 heavy (non-hydrogen) atoms. The Balaban J connectivity index is 0.000000126. The number of pyridine rings is 1. The highest BCUT2D eigenvalue weighted by molar-refractivity contribution is 5.78. The monoisotopic (exact) mass is 276 g/mol. The molecule has 0 atom stereocenters. The highest BCUT2D eigenvalue weighted by atomic mass is 16.4. The van der Waals surface area contributed by atoms with Gasteiger partial charge in [-0.2, -0.15) is 0 Å². The molecule has 0 aliphatic carbocycles. The molecule has 0 radical (unpaired) electrons. The molecule has 4 nitrogen and oxygen atoms in total. The van der Waals surface area contributed by atoms with Crippen LogP contribution in [0.5, 0.6) is 0 Å². The van der Waals surface area contributed by atoms with E-state index in [9.17, 15) is 4.79 Å². The summed E-state index contributed by atoms with van der Waals surface area (Å²) in [5.41, 5.74) is 2.43. The lowest BCUT2D eigenvalue weighted by molar-refractivity contribution is 0.109. The SMILES string of the molecule is O=Cc1nc2ccccc2o1.c1ccc2ncccc2c1. The van der Waals surface area contributed by atoms with Gasteiger partial charge in [-0.15, -0.1) is 0 Å². The first-order chi connectivity index (χ1) is 10.4. The average Bonchev–Trinajstić information content (AvgIpc) is 2.99. The summed E-state index contributed by atoms with van der Waals surface area (Å²) in [6.45, 7) is 0. The molecule has 2 aromatic heterocycles. The summed E-state index contributed by atoms with van der Waals surface area (Å²) in [6, 6.07) is 19.3. The molecule has 0 aliphatic heterocycles. The topological polar surface area (TPSA) is 56.0 Å². The second kappa shape index (κ2) is 5.96. The van der Waals surface area contributed by atoms with Gasteiger partial charge in [0.05, 0.1) is 5.52 Å². The van der Waals surface area contributed by atoms with E-state index < -0.39 is 0 Å². The normalized spacial score (nSPS) is 10.1. The maximum absolute atomic E-state index is 10.2. The number of aromatic nitrogens is 2. The number of hydrogen-bond donors (Lipinski definition) is 0. The van der Waals surface area contributed by atoms with Crippen LogP contribution in [0, 0.1) is 0 Å².